The minimum Gasteiger partial charge on any atom is -0.497 e. The molecule has 27 heavy (non-hydrogen) atoms. The SMILES string of the molecule is COc1ccc2nc(C=Nc3cccnc3Nc3ccc(Cl)cc3)sc2c1. The molecule has 2 heterocycles. The summed E-state index contributed by atoms with van der Waals surface area (Å²) in [5.41, 5.74) is 2.54. The maximum Gasteiger partial charge on any atom is 0.156 e. The normalized spacial score (nSPS) is 11.2. The molecule has 0 aliphatic heterocycles. The summed E-state index contributed by atoms with van der Waals surface area (Å²) in [4.78, 5) is 13.5. The number of nitrogens with zero attached hydrogens (tertiary/aromatic N) is 3. The Kier molecular flexibility index (Phi) is 5.00. The van der Waals surface area contributed by atoms with Gasteiger partial charge in [-0.15, -0.1) is 11.3 Å². The molecule has 0 amide bonds. The average molecular weight is 395 g/mol. The summed E-state index contributed by atoms with van der Waals surface area (Å²) >= 11 is 7.50. The molecule has 0 saturated heterocycles. The van der Waals surface area contributed by atoms with Gasteiger partial charge < -0.3 is 10.1 Å². The Hall–Kier alpha value is -2.96. The number of methoxy groups -OCH3 is 1. The Morgan fingerprint density at radius 1 is 1.15 bits per heavy atom. The largest absolute Gasteiger partial charge is 0.497 e. The lowest BCUT2D eigenvalue weighted by atomic mass is 10.3. The van der Waals surface area contributed by atoms with Gasteiger partial charge in [-0.1, -0.05) is 11.6 Å². The van der Waals surface area contributed by atoms with Gasteiger partial charge in [0.1, 0.15) is 16.4 Å². The molecule has 0 unspecified atom stereocenters. The number of halogens is 1. The van der Waals surface area contributed by atoms with Crippen LogP contribution in [0.25, 0.3) is 10.2 Å². The van der Waals surface area contributed by atoms with Crippen LogP contribution in [-0.4, -0.2) is 23.3 Å². The Bertz CT molecular complexity index is 1110. The molecular formula is C20H15ClN4OS. The number of anilines is 2. The number of thiazole rings is 1. The first-order valence-electron chi connectivity index (χ1n) is 8.17. The van der Waals surface area contributed by atoms with E-state index in [4.69, 9.17) is 16.3 Å². The number of benzene rings is 2. The van der Waals surface area contributed by atoms with Crippen LogP contribution in [0.3, 0.4) is 0 Å². The number of pyridine rings is 1. The fourth-order valence-corrected chi connectivity index (χ4v) is 3.49. The van der Waals surface area contributed by atoms with Crippen molar-refractivity contribution in [2.75, 3.05) is 12.4 Å². The van der Waals surface area contributed by atoms with Gasteiger partial charge in [-0.05, 0) is 54.6 Å². The first kappa shape index (κ1) is 17.5. The van der Waals surface area contributed by atoms with E-state index in [-0.39, 0.29) is 0 Å². The molecule has 1 N–H and O–H groups in total. The summed E-state index contributed by atoms with van der Waals surface area (Å²) in [7, 11) is 1.65. The predicted octanol–water partition coefficient (Wildman–Crippen LogP) is 5.85. The molecule has 4 aromatic rings. The van der Waals surface area contributed by atoms with Gasteiger partial charge in [0.25, 0.3) is 0 Å². The summed E-state index contributed by atoms with van der Waals surface area (Å²) in [6.07, 6.45) is 3.47. The maximum atomic E-state index is 5.94. The Balaban J connectivity index is 1.59. The maximum absolute atomic E-state index is 5.94. The molecule has 0 saturated carbocycles. The zero-order valence-electron chi connectivity index (χ0n) is 14.4. The number of fused-ring (bicyclic) bond motifs is 1. The van der Waals surface area contributed by atoms with Crippen molar-refractivity contribution in [2.45, 2.75) is 0 Å². The van der Waals surface area contributed by atoms with Gasteiger partial charge in [-0.3, -0.25) is 0 Å². The van der Waals surface area contributed by atoms with Crippen molar-refractivity contribution < 1.29 is 4.74 Å². The summed E-state index contributed by atoms with van der Waals surface area (Å²) in [6.45, 7) is 0. The first-order valence-corrected chi connectivity index (χ1v) is 9.37. The van der Waals surface area contributed by atoms with Crippen LogP contribution in [0.15, 0.2) is 65.8 Å². The summed E-state index contributed by atoms with van der Waals surface area (Å²) in [5, 5.41) is 4.77. The number of hydrogen-bond acceptors (Lipinski definition) is 6. The number of aliphatic imine (C=N–C) groups is 1. The van der Waals surface area contributed by atoms with Gasteiger partial charge in [0, 0.05) is 16.9 Å². The molecule has 4 rings (SSSR count). The lowest BCUT2D eigenvalue weighted by Crippen LogP contribution is -1.93. The van der Waals surface area contributed by atoms with Gasteiger partial charge in [0.2, 0.25) is 0 Å². The minimum absolute atomic E-state index is 0.666. The van der Waals surface area contributed by atoms with Crippen molar-refractivity contribution in [1.82, 2.24) is 9.97 Å². The Labute approximate surface area is 165 Å². The third-order valence-electron chi connectivity index (χ3n) is 3.82. The quantitative estimate of drug-likeness (QED) is 0.431. The summed E-state index contributed by atoms with van der Waals surface area (Å²) in [6, 6.07) is 17.0. The van der Waals surface area contributed by atoms with Crippen LogP contribution in [0, 0.1) is 0 Å². The van der Waals surface area contributed by atoms with E-state index < -0.39 is 0 Å². The van der Waals surface area contributed by atoms with Crippen molar-refractivity contribution >= 4 is 56.6 Å². The van der Waals surface area contributed by atoms with Gasteiger partial charge >= 0.3 is 0 Å². The molecular weight excluding hydrogens is 380 g/mol. The Morgan fingerprint density at radius 3 is 2.81 bits per heavy atom. The summed E-state index contributed by atoms with van der Waals surface area (Å²) < 4.78 is 6.32. The zero-order chi connectivity index (χ0) is 18.6. The van der Waals surface area contributed by atoms with Crippen LogP contribution in [0.2, 0.25) is 5.02 Å². The molecule has 0 atom stereocenters. The molecule has 5 nitrogen and oxygen atoms in total. The van der Waals surface area contributed by atoms with Gasteiger partial charge in [-0.25, -0.2) is 15.0 Å². The van der Waals surface area contributed by atoms with E-state index in [1.165, 1.54) is 0 Å². The average Bonchev–Trinajstić information content (AvgIpc) is 3.11. The molecule has 0 bridgehead atoms. The third kappa shape index (κ3) is 4.07. The van der Waals surface area contributed by atoms with Gasteiger partial charge in [0.05, 0.1) is 23.5 Å². The highest BCUT2D eigenvalue weighted by molar-refractivity contribution is 7.20. The van der Waals surface area contributed by atoms with E-state index in [0.717, 1.165) is 32.3 Å². The predicted molar refractivity (Wildman–Crippen MR) is 112 cm³/mol. The highest BCUT2D eigenvalue weighted by Crippen LogP contribution is 2.28. The van der Waals surface area contributed by atoms with E-state index >= 15 is 0 Å². The highest BCUT2D eigenvalue weighted by atomic mass is 35.5. The standard InChI is InChI=1S/C20H15ClN4OS/c1-26-15-8-9-16-18(11-15)27-19(25-16)12-23-17-3-2-10-22-20(17)24-14-6-4-13(21)5-7-14/h2-12H,1H3,(H,22,24). The molecule has 134 valence electrons. The summed E-state index contributed by atoms with van der Waals surface area (Å²) in [5.74, 6) is 1.48. The number of ether oxygens (including phenoxy) is 1. The van der Waals surface area contributed by atoms with Crippen LogP contribution in [0.5, 0.6) is 5.75 Å². The zero-order valence-corrected chi connectivity index (χ0v) is 16.0. The monoisotopic (exact) mass is 394 g/mol. The third-order valence-corrected chi connectivity index (χ3v) is 5.02. The Morgan fingerprint density at radius 2 is 2.00 bits per heavy atom. The smallest absolute Gasteiger partial charge is 0.156 e. The molecule has 0 aliphatic carbocycles. The van der Waals surface area contributed by atoms with Crippen molar-refractivity contribution in [2.24, 2.45) is 4.99 Å². The van der Waals surface area contributed by atoms with Crippen LogP contribution < -0.4 is 10.1 Å². The van der Waals surface area contributed by atoms with E-state index in [2.05, 4.69) is 20.3 Å². The molecule has 2 aromatic carbocycles. The second kappa shape index (κ2) is 7.73. The molecule has 0 fully saturated rings. The van der Waals surface area contributed by atoms with Crippen molar-refractivity contribution in [1.29, 1.82) is 0 Å². The van der Waals surface area contributed by atoms with E-state index in [9.17, 15) is 0 Å². The highest BCUT2D eigenvalue weighted by Gasteiger charge is 2.05. The van der Waals surface area contributed by atoms with Crippen LogP contribution in [0.4, 0.5) is 17.2 Å². The van der Waals surface area contributed by atoms with Crippen molar-refractivity contribution in [3.63, 3.8) is 0 Å². The molecule has 0 aliphatic rings. The fourth-order valence-electron chi connectivity index (χ4n) is 2.50. The van der Waals surface area contributed by atoms with E-state index in [1.54, 1.807) is 30.9 Å². The van der Waals surface area contributed by atoms with Crippen LogP contribution in [0.1, 0.15) is 5.01 Å². The van der Waals surface area contributed by atoms with Crippen LogP contribution >= 0.6 is 22.9 Å². The second-order valence-corrected chi connectivity index (χ2v) is 7.15. The minimum atomic E-state index is 0.666. The van der Waals surface area contributed by atoms with Crippen molar-refractivity contribution in [3.8, 4) is 5.75 Å². The van der Waals surface area contributed by atoms with Gasteiger partial charge in [0.15, 0.2) is 5.82 Å². The fraction of sp³-hybridized carbons (Fsp3) is 0.0500. The number of aromatic nitrogens is 2. The van der Waals surface area contributed by atoms with Gasteiger partial charge in [-0.2, -0.15) is 0 Å². The van der Waals surface area contributed by atoms with Crippen LogP contribution in [-0.2, 0) is 0 Å². The number of rotatable bonds is 5. The first-order chi connectivity index (χ1) is 13.2. The van der Waals surface area contributed by atoms with E-state index in [1.807, 2.05) is 54.6 Å². The molecule has 0 spiro atoms. The topological polar surface area (TPSA) is 59.4 Å². The molecule has 7 heteroatoms. The number of nitrogens with one attached hydrogen (secondary N) is 1. The molecule has 2 aromatic heterocycles. The molecule has 0 radical (unpaired) electrons. The lowest BCUT2D eigenvalue weighted by molar-refractivity contribution is 0.415. The number of hydrogen-bond donors (Lipinski definition) is 1. The van der Waals surface area contributed by atoms with E-state index in [0.29, 0.717) is 10.8 Å². The van der Waals surface area contributed by atoms with Crippen molar-refractivity contribution in [3.05, 3.63) is 70.8 Å². The lowest BCUT2D eigenvalue weighted by Gasteiger charge is -2.07. The second-order valence-electron chi connectivity index (χ2n) is 5.65.